The number of amides is 1. The van der Waals surface area contributed by atoms with Gasteiger partial charge in [0.05, 0.1) is 5.69 Å². The highest BCUT2D eigenvalue weighted by Crippen LogP contribution is 2.28. The van der Waals surface area contributed by atoms with Gasteiger partial charge in [-0.3, -0.25) is 15.1 Å². The Bertz CT molecular complexity index is 788. The van der Waals surface area contributed by atoms with Gasteiger partial charge in [-0.15, -0.1) is 15.3 Å². The minimum Gasteiger partial charge on any atom is -0.296 e. The maximum absolute atomic E-state index is 12.2. The fraction of sp³-hybridized carbons (Fsp3) is 0.231. The first-order valence-electron chi connectivity index (χ1n) is 6.74. The Morgan fingerprint density at radius 1 is 1.35 bits per heavy atom. The molecule has 3 aromatic heterocycles. The average molecular weight is 364 g/mol. The van der Waals surface area contributed by atoms with E-state index in [0.717, 1.165) is 27.2 Å². The summed E-state index contributed by atoms with van der Waals surface area (Å²) in [7, 11) is 0. The molecule has 0 bridgehead atoms. The Morgan fingerprint density at radius 3 is 3.04 bits per heavy atom. The Labute approximate surface area is 144 Å². The van der Waals surface area contributed by atoms with Gasteiger partial charge in [0.2, 0.25) is 5.13 Å². The first-order chi connectivity index (χ1) is 11.3. The number of pyridine rings is 1. The molecule has 10 heteroatoms. The highest BCUT2D eigenvalue weighted by atomic mass is 32.2. The predicted molar refractivity (Wildman–Crippen MR) is 90.9 cm³/mol. The van der Waals surface area contributed by atoms with Crippen molar-refractivity contribution in [3.63, 3.8) is 0 Å². The molecule has 0 radical (unpaired) electrons. The van der Waals surface area contributed by atoms with Crippen molar-refractivity contribution in [2.24, 2.45) is 0 Å². The van der Waals surface area contributed by atoms with E-state index in [2.05, 4.69) is 30.1 Å². The van der Waals surface area contributed by atoms with E-state index in [1.54, 1.807) is 18.0 Å². The smallest absolute Gasteiger partial charge is 0.271 e. The Kier molecular flexibility index (Phi) is 5.26. The molecular formula is C13H12N6OS3. The van der Waals surface area contributed by atoms with Gasteiger partial charge in [-0.1, -0.05) is 40.6 Å². The highest BCUT2D eigenvalue weighted by molar-refractivity contribution is 8.00. The highest BCUT2D eigenvalue weighted by Gasteiger charge is 2.17. The largest absolute Gasteiger partial charge is 0.296 e. The van der Waals surface area contributed by atoms with Gasteiger partial charge in [0.25, 0.3) is 5.91 Å². The van der Waals surface area contributed by atoms with Crippen LogP contribution in [0.1, 0.15) is 27.9 Å². The maximum Gasteiger partial charge on any atom is 0.271 e. The van der Waals surface area contributed by atoms with Crippen molar-refractivity contribution in [2.45, 2.75) is 23.4 Å². The van der Waals surface area contributed by atoms with E-state index < -0.39 is 0 Å². The van der Waals surface area contributed by atoms with Crippen molar-refractivity contribution < 1.29 is 4.79 Å². The van der Waals surface area contributed by atoms with Crippen LogP contribution in [0.15, 0.2) is 28.9 Å². The number of carbonyl (C=O) groups excluding carboxylic acids is 1. The lowest BCUT2D eigenvalue weighted by Gasteiger charge is -1.98. The van der Waals surface area contributed by atoms with Crippen LogP contribution in [0, 0.1) is 0 Å². The van der Waals surface area contributed by atoms with E-state index in [9.17, 15) is 4.79 Å². The van der Waals surface area contributed by atoms with E-state index in [1.807, 2.05) is 25.3 Å². The number of aryl methyl sites for hydroxylation is 1. The van der Waals surface area contributed by atoms with Crippen LogP contribution >= 0.6 is 34.6 Å². The van der Waals surface area contributed by atoms with Gasteiger partial charge in [-0.2, -0.15) is 0 Å². The number of nitrogens with one attached hydrogen (secondary N) is 1. The SMILES string of the molecule is CCc1nnsc1C(=O)Nc1nnc(SCc2cccnc2)s1. The number of aromatic nitrogens is 5. The normalized spacial score (nSPS) is 10.7. The van der Waals surface area contributed by atoms with E-state index in [0.29, 0.717) is 22.1 Å². The van der Waals surface area contributed by atoms with E-state index in [1.165, 1.54) is 11.3 Å². The topological polar surface area (TPSA) is 93.6 Å². The van der Waals surface area contributed by atoms with Crippen molar-refractivity contribution in [1.82, 2.24) is 24.8 Å². The zero-order valence-corrected chi connectivity index (χ0v) is 14.5. The van der Waals surface area contributed by atoms with E-state index in [4.69, 9.17) is 0 Å². The number of thioether (sulfide) groups is 1. The summed E-state index contributed by atoms with van der Waals surface area (Å²) < 4.78 is 4.61. The molecule has 3 rings (SSSR count). The monoisotopic (exact) mass is 364 g/mol. The summed E-state index contributed by atoms with van der Waals surface area (Å²) in [6.45, 7) is 1.94. The second-order valence-corrected chi connectivity index (χ2v) is 7.33. The van der Waals surface area contributed by atoms with Gasteiger partial charge in [-0.25, -0.2) is 0 Å². The zero-order chi connectivity index (χ0) is 16.1. The van der Waals surface area contributed by atoms with E-state index >= 15 is 0 Å². The molecule has 23 heavy (non-hydrogen) atoms. The van der Waals surface area contributed by atoms with Gasteiger partial charge >= 0.3 is 0 Å². The molecule has 7 nitrogen and oxygen atoms in total. The standard InChI is InChI=1S/C13H12N6OS3/c1-2-9-10(23-19-16-9)11(20)15-12-17-18-13(22-12)21-7-8-4-3-5-14-6-8/h3-6H,2,7H2,1H3,(H,15,17,20). The third-order valence-corrected chi connectivity index (χ3v) is 5.62. The van der Waals surface area contributed by atoms with Crippen molar-refractivity contribution >= 4 is 45.7 Å². The van der Waals surface area contributed by atoms with Gasteiger partial charge < -0.3 is 0 Å². The number of nitrogens with zero attached hydrogens (tertiary/aromatic N) is 5. The summed E-state index contributed by atoms with van der Waals surface area (Å²) in [6.07, 6.45) is 4.23. The van der Waals surface area contributed by atoms with Crippen molar-refractivity contribution in [3.05, 3.63) is 40.7 Å². The maximum atomic E-state index is 12.2. The minimum absolute atomic E-state index is 0.239. The predicted octanol–water partition coefficient (Wildman–Crippen LogP) is 2.89. The number of anilines is 1. The molecule has 0 atom stereocenters. The lowest BCUT2D eigenvalue weighted by Crippen LogP contribution is -2.12. The molecule has 0 aliphatic heterocycles. The van der Waals surface area contributed by atoms with Crippen LogP contribution in [0.2, 0.25) is 0 Å². The van der Waals surface area contributed by atoms with Crippen LogP contribution in [0.25, 0.3) is 0 Å². The van der Waals surface area contributed by atoms with Crippen LogP contribution in [0.3, 0.4) is 0 Å². The summed E-state index contributed by atoms with van der Waals surface area (Å²) in [4.78, 5) is 16.8. The van der Waals surface area contributed by atoms with Crippen molar-refractivity contribution in [2.75, 3.05) is 5.32 Å². The van der Waals surface area contributed by atoms with E-state index in [-0.39, 0.29) is 5.91 Å². The summed E-state index contributed by atoms with van der Waals surface area (Å²) in [5.41, 5.74) is 1.81. The summed E-state index contributed by atoms with van der Waals surface area (Å²) in [5, 5.41) is 15.2. The number of hydrogen-bond donors (Lipinski definition) is 1. The molecular weight excluding hydrogens is 352 g/mol. The fourth-order valence-corrected chi connectivity index (χ4v) is 4.04. The summed E-state index contributed by atoms with van der Waals surface area (Å²) in [6, 6.07) is 3.91. The van der Waals surface area contributed by atoms with Gasteiger partial charge in [0.1, 0.15) is 4.88 Å². The van der Waals surface area contributed by atoms with Crippen LogP contribution < -0.4 is 5.32 Å². The van der Waals surface area contributed by atoms with Crippen molar-refractivity contribution in [1.29, 1.82) is 0 Å². The summed E-state index contributed by atoms with van der Waals surface area (Å²) in [5.74, 6) is 0.520. The molecule has 3 aromatic rings. The first-order valence-corrected chi connectivity index (χ1v) is 9.31. The minimum atomic E-state index is -0.239. The Balaban J connectivity index is 1.60. The first kappa shape index (κ1) is 16.0. The van der Waals surface area contributed by atoms with Crippen LogP contribution in [0.5, 0.6) is 0 Å². The summed E-state index contributed by atoms with van der Waals surface area (Å²) >= 11 is 3.99. The lowest BCUT2D eigenvalue weighted by molar-refractivity contribution is 0.102. The fourth-order valence-electron chi connectivity index (χ4n) is 1.71. The van der Waals surface area contributed by atoms with Gasteiger partial charge in [0, 0.05) is 18.1 Å². The molecule has 0 spiro atoms. The lowest BCUT2D eigenvalue weighted by atomic mass is 10.3. The van der Waals surface area contributed by atoms with Crippen LogP contribution in [-0.4, -0.2) is 30.7 Å². The number of carbonyl (C=O) groups is 1. The molecule has 0 aliphatic rings. The molecule has 3 heterocycles. The Hall–Kier alpha value is -1.91. The second kappa shape index (κ2) is 7.57. The molecule has 0 fully saturated rings. The molecule has 0 saturated heterocycles. The third kappa shape index (κ3) is 4.09. The molecule has 0 unspecified atom stereocenters. The van der Waals surface area contributed by atoms with Crippen molar-refractivity contribution in [3.8, 4) is 0 Å². The van der Waals surface area contributed by atoms with Gasteiger partial charge in [-0.05, 0) is 29.6 Å². The third-order valence-electron chi connectivity index (χ3n) is 2.81. The average Bonchev–Trinajstić information content (AvgIpc) is 3.22. The van der Waals surface area contributed by atoms with Gasteiger partial charge in [0.15, 0.2) is 4.34 Å². The molecule has 1 N–H and O–H groups in total. The zero-order valence-electron chi connectivity index (χ0n) is 12.1. The molecule has 1 amide bonds. The van der Waals surface area contributed by atoms with Crippen LogP contribution in [0.4, 0.5) is 5.13 Å². The quantitative estimate of drug-likeness (QED) is 0.531. The molecule has 118 valence electrons. The molecule has 0 aromatic carbocycles. The molecule has 0 saturated carbocycles. The number of hydrogen-bond acceptors (Lipinski definition) is 9. The van der Waals surface area contributed by atoms with Crippen LogP contribution in [-0.2, 0) is 12.2 Å². The Morgan fingerprint density at radius 2 is 2.26 bits per heavy atom. The second-order valence-electron chi connectivity index (χ2n) is 4.38. The molecule has 0 aliphatic carbocycles. The number of rotatable bonds is 6.